The molecule has 0 bridgehead atoms. The normalized spacial score (nSPS) is 20.8. The SMILES string of the molecule is CC(C1CC1)C(O)(c1ccc(Cl)cc1)C(O)n1cncn1. The zero-order valence-electron chi connectivity index (χ0n) is 11.7. The molecule has 2 N–H and O–H groups in total. The molecular weight excluding hydrogens is 290 g/mol. The Morgan fingerprint density at radius 1 is 1.33 bits per heavy atom. The Labute approximate surface area is 128 Å². The second kappa shape index (κ2) is 5.40. The van der Waals surface area contributed by atoms with E-state index in [2.05, 4.69) is 10.1 Å². The Hall–Kier alpha value is -1.43. The van der Waals surface area contributed by atoms with Gasteiger partial charge in [0.25, 0.3) is 0 Å². The third-order valence-electron chi connectivity index (χ3n) is 4.41. The van der Waals surface area contributed by atoms with E-state index in [0.29, 0.717) is 16.5 Å². The fourth-order valence-electron chi connectivity index (χ4n) is 2.86. The predicted molar refractivity (Wildman–Crippen MR) is 78.5 cm³/mol. The number of nitrogens with zero attached hydrogens (tertiary/aromatic N) is 3. The van der Waals surface area contributed by atoms with Crippen molar-refractivity contribution in [1.82, 2.24) is 14.8 Å². The third kappa shape index (κ3) is 2.57. The number of benzene rings is 1. The predicted octanol–water partition coefficient (Wildman–Crippen LogP) is 2.36. The Morgan fingerprint density at radius 3 is 2.52 bits per heavy atom. The van der Waals surface area contributed by atoms with E-state index < -0.39 is 11.8 Å². The van der Waals surface area contributed by atoms with Gasteiger partial charge in [0.1, 0.15) is 18.3 Å². The van der Waals surface area contributed by atoms with E-state index in [1.54, 1.807) is 24.3 Å². The molecule has 3 unspecified atom stereocenters. The van der Waals surface area contributed by atoms with Crippen molar-refractivity contribution in [1.29, 1.82) is 0 Å². The number of hydrogen-bond donors (Lipinski definition) is 2. The van der Waals surface area contributed by atoms with E-state index in [0.717, 1.165) is 12.8 Å². The van der Waals surface area contributed by atoms with Crippen molar-refractivity contribution in [3.8, 4) is 0 Å². The second-order valence-electron chi connectivity index (χ2n) is 5.71. The summed E-state index contributed by atoms with van der Waals surface area (Å²) in [5, 5.41) is 26.5. The molecule has 0 radical (unpaired) electrons. The van der Waals surface area contributed by atoms with Gasteiger partial charge in [-0.05, 0) is 42.4 Å². The van der Waals surface area contributed by atoms with Gasteiger partial charge < -0.3 is 10.2 Å². The molecule has 21 heavy (non-hydrogen) atoms. The van der Waals surface area contributed by atoms with E-state index >= 15 is 0 Å². The molecule has 5 nitrogen and oxygen atoms in total. The number of rotatable bonds is 5. The lowest BCUT2D eigenvalue weighted by Crippen LogP contribution is -2.43. The maximum atomic E-state index is 11.3. The third-order valence-corrected chi connectivity index (χ3v) is 4.66. The minimum absolute atomic E-state index is 0.0992. The average molecular weight is 308 g/mol. The van der Waals surface area contributed by atoms with Gasteiger partial charge in [0.05, 0.1) is 0 Å². The topological polar surface area (TPSA) is 71.2 Å². The van der Waals surface area contributed by atoms with Crippen LogP contribution >= 0.6 is 11.6 Å². The molecule has 1 aromatic heterocycles. The number of aliphatic hydroxyl groups excluding tert-OH is 1. The van der Waals surface area contributed by atoms with E-state index in [-0.39, 0.29) is 5.92 Å². The Kier molecular flexibility index (Phi) is 3.73. The Balaban J connectivity index is 2.03. The quantitative estimate of drug-likeness (QED) is 0.889. The Bertz CT molecular complexity index is 598. The molecule has 1 saturated carbocycles. The summed E-state index contributed by atoms with van der Waals surface area (Å²) < 4.78 is 1.29. The summed E-state index contributed by atoms with van der Waals surface area (Å²) in [4.78, 5) is 3.84. The van der Waals surface area contributed by atoms with Crippen molar-refractivity contribution in [3.05, 3.63) is 47.5 Å². The van der Waals surface area contributed by atoms with Crippen molar-refractivity contribution < 1.29 is 10.2 Å². The molecule has 1 aromatic carbocycles. The van der Waals surface area contributed by atoms with Crippen molar-refractivity contribution in [3.63, 3.8) is 0 Å². The number of aromatic nitrogens is 3. The highest BCUT2D eigenvalue weighted by Gasteiger charge is 2.49. The lowest BCUT2D eigenvalue weighted by atomic mass is 9.78. The highest BCUT2D eigenvalue weighted by molar-refractivity contribution is 6.30. The van der Waals surface area contributed by atoms with Crippen LogP contribution in [0.15, 0.2) is 36.9 Å². The van der Waals surface area contributed by atoms with Crippen molar-refractivity contribution in [2.24, 2.45) is 11.8 Å². The van der Waals surface area contributed by atoms with Crippen LogP contribution in [0.2, 0.25) is 5.02 Å². The molecule has 2 aromatic rings. The number of hydrogen-bond acceptors (Lipinski definition) is 4. The molecule has 112 valence electrons. The van der Waals surface area contributed by atoms with E-state index in [1.807, 2.05) is 6.92 Å². The summed E-state index contributed by atoms with van der Waals surface area (Å²) in [6, 6.07) is 6.94. The summed E-state index contributed by atoms with van der Waals surface area (Å²) in [6.07, 6.45) is 3.69. The molecule has 1 fully saturated rings. The molecule has 1 heterocycles. The molecule has 0 spiro atoms. The van der Waals surface area contributed by atoms with Gasteiger partial charge in [0.2, 0.25) is 0 Å². The lowest BCUT2D eigenvalue weighted by Gasteiger charge is -2.38. The standard InChI is InChI=1S/C15H18ClN3O2/c1-10(11-2-3-11)15(21,12-4-6-13(16)7-5-12)14(20)19-9-17-8-18-19/h4-11,14,20-21H,2-3H2,1H3. The van der Waals surface area contributed by atoms with E-state index in [4.69, 9.17) is 11.6 Å². The molecular formula is C15H18ClN3O2. The van der Waals surface area contributed by atoms with E-state index in [1.165, 1.54) is 17.3 Å². The fourth-order valence-corrected chi connectivity index (χ4v) is 2.99. The molecule has 0 amide bonds. The van der Waals surface area contributed by atoms with Crippen molar-refractivity contribution in [2.45, 2.75) is 31.6 Å². The lowest BCUT2D eigenvalue weighted by molar-refractivity contribution is -0.161. The summed E-state index contributed by atoms with van der Waals surface area (Å²) in [5.74, 6) is 0.307. The number of halogens is 1. The van der Waals surface area contributed by atoms with Gasteiger partial charge in [-0.15, -0.1) is 0 Å². The van der Waals surface area contributed by atoms with Gasteiger partial charge in [0.15, 0.2) is 6.23 Å². The molecule has 3 atom stereocenters. The molecule has 1 aliphatic carbocycles. The van der Waals surface area contributed by atoms with Crippen LogP contribution in [-0.4, -0.2) is 25.0 Å². The molecule has 1 aliphatic rings. The van der Waals surface area contributed by atoms with Crippen LogP contribution in [0.5, 0.6) is 0 Å². The van der Waals surface area contributed by atoms with E-state index in [9.17, 15) is 10.2 Å². The van der Waals surface area contributed by atoms with Crippen LogP contribution in [0.1, 0.15) is 31.6 Å². The zero-order chi connectivity index (χ0) is 15.0. The molecule has 3 rings (SSSR count). The minimum Gasteiger partial charge on any atom is -0.380 e. The largest absolute Gasteiger partial charge is 0.380 e. The van der Waals surface area contributed by atoms with Gasteiger partial charge in [-0.1, -0.05) is 30.7 Å². The van der Waals surface area contributed by atoms with Gasteiger partial charge in [-0.2, -0.15) is 5.10 Å². The smallest absolute Gasteiger partial charge is 0.182 e. The summed E-state index contributed by atoms with van der Waals surface area (Å²) in [6.45, 7) is 1.96. The summed E-state index contributed by atoms with van der Waals surface area (Å²) >= 11 is 5.92. The first-order chi connectivity index (χ1) is 10.0. The van der Waals surface area contributed by atoms with Crippen molar-refractivity contribution in [2.75, 3.05) is 0 Å². The van der Waals surface area contributed by atoms with Crippen LogP contribution in [0.4, 0.5) is 0 Å². The zero-order valence-corrected chi connectivity index (χ0v) is 12.5. The van der Waals surface area contributed by atoms with Crippen LogP contribution in [-0.2, 0) is 5.60 Å². The fraction of sp³-hybridized carbons (Fsp3) is 0.467. The van der Waals surface area contributed by atoms with Gasteiger partial charge in [-0.25, -0.2) is 9.67 Å². The van der Waals surface area contributed by atoms with Crippen LogP contribution in [0.25, 0.3) is 0 Å². The first kappa shape index (κ1) is 14.5. The molecule has 6 heteroatoms. The molecule has 0 saturated heterocycles. The van der Waals surface area contributed by atoms with Crippen molar-refractivity contribution >= 4 is 11.6 Å². The highest BCUT2D eigenvalue weighted by Crippen LogP contribution is 2.49. The van der Waals surface area contributed by atoms with Crippen LogP contribution in [0, 0.1) is 11.8 Å². The van der Waals surface area contributed by atoms with Crippen LogP contribution in [0.3, 0.4) is 0 Å². The van der Waals surface area contributed by atoms with Gasteiger partial charge in [-0.3, -0.25) is 0 Å². The first-order valence-electron chi connectivity index (χ1n) is 7.04. The molecule has 0 aliphatic heterocycles. The van der Waals surface area contributed by atoms with Gasteiger partial charge in [0, 0.05) is 5.02 Å². The first-order valence-corrected chi connectivity index (χ1v) is 7.42. The maximum absolute atomic E-state index is 11.3. The summed E-state index contributed by atoms with van der Waals surface area (Å²) in [5.41, 5.74) is -0.797. The minimum atomic E-state index is -1.43. The second-order valence-corrected chi connectivity index (χ2v) is 6.14. The highest BCUT2D eigenvalue weighted by atomic mass is 35.5. The van der Waals surface area contributed by atoms with Gasteiger partial charge >= 0.3 is 0 Å². The average Bonchev–Trinajstić information content (AvgIpc) is 3.20. The summed E-state index contributed by atoms with van der Waals surface area (Å²) in [7, 11) is 0. The maximum Gasteiger partial charge on any atom is 0.182 e. The monoisotopic (exact) mass is 307 g/mol. The number of aliphatic hydroxyl groups is 2. The Morgan fingerprint density at radius 2 is 2.00 bits per heavy atom. The van der Waals surface area contributed by atoms with Crippen LogP contribution < -0.4 is 0 Å².